The maximum absolute atomic E-state index is 13.6. The van der Waals surface area contributed by atoms with Gasteiger partial charge in [-0.05, 0) is 37.3 Å². The Morgan fingerprint density at radius 1 is 0.902 bits per heavy atom. The van der Waals surface area contributed by atoms with Crippen molar-refractivity contribution >= 4 is 11.0 Å². The van der Waals surface area contributed by atoms with Gasteiger partial charge in [0.15, 0.2) is 23.5 Å². The number of methoxy groups -OCH3 is 1. The molecule has 0 aliphatic carbocycles. The van der Waals surface area contributed by atoms with Crippen LogP contribution in [0.15, 0.2) is 45.6 Å². The molecule has 14 nitrogen and oxygen atoms in total. The molecule has 9 atom stereocenters. The summed E-state index contributed by atoms with van der Waals surface area (Å²) in [6.07, 6.45) is -13.5. The Bertz CT molecular complexity index is 1460. The Balaban J connectivity index is 1.50. The van der Waals surface area contributed by atoms with E-state index in [1.165, 1.54) is 50.4 Å². The monoisotopic (exact) mass is 578 g/mol. The van der Waals surface area contributed by atoms with Crippen LogP contribution in [0.5, 0.6) is 23.0 Å². The van der Waals surface area contributed by atoms with Crippen LogP contribution in [0, 0.1) is 0 Å². The van der Waals surface area contributed by atoms with Crippen LogP contribution >= 0.6 is 0 Å². The second-order valence-electron chi connectivity index (χ2n) is 9.82. The second-order valence-corrected chi connectivity index (χ2v) is 9.82. The molecule has 3 aromatic rings. The second kappa shape index (κ2) is 11.4. The lowest BCUT2D eigenvalue weighted by molar-refractivity contribution is -0.338. The lowest BCUT2D eigenvalue weighted by atomic mass is 9.99. The van der Waals surface area contributed by atoms with Crippen molar-refractivity contribution < 1.29 is 63.8 Å². The zero-order valence-corrected chi connectivity index (χ0v) is 21.9. The number of aliphatic hydroxyl groups is 5. The van der Waals surface area contributed by atoms with Crippen LogP contribution in [-0.2, 0) is 14.2 Å². The number of rotatable bonds is 6. The first kappa shape index (κ1) is 29.0. The quantitative estimate of drug-likeness (QED) is 0.197. The van der Waals surface area contributed by atoms with Gasteiger partial charge in [-0.2, -0.15) is 0 Å². The van der Waals surface area contributed by atoms with Gasteiger partial charge in [-0.1, -0.05) is 0 Å². The highest BCUT2D eigenvalue weighted by molar-refractivity contribution is 5.83. The molecule has 2 aliphatic rings. The molecule has 41 heavy (non-hydrogen) atoms. The van der Waals surface area contributed by atoms with Crippen LogP contribution in [0.4, 0.5) is 0 Å². The molecule has 2 saturated heterocycles. The third kappa shape index (κ3) is 5.43. The number of phenols is 2. The van der Waals surface area contributed by atoms with E-state index in [0.29, 0.717) is 0 Å². The smallest absolute Gasteiger partial charge is 0.235 e. The van der Waals surface area contributed by atoms with E-state index in [2.05, 4.69) is 0 Å². The van der Waals surface area contributed by atoms with Crippen molar-refractivity contribution in [1.82, 2.24) is 0 Å². The predicted molar refractivity (Wildman–Crippen MR) is 137 cm³/mol. The van der Waals surface area contributed by atoms with Crippen LogP contribution in [0.1, 0.15) is 6.92 Å². The summed E-state index contributed by atoms with van der Waals surface area (Å²) < 4.78 is 33.4. The number of hydrogen-bond donors (Lipinski definition) is 7. The molecule has 0 amide bonds. The van der Waals surface area contributed by atoms with Crippen molar-refractivity contribution in [3.63, 3.8) is 0 Å². The molecule has 5 rings (SSSR count). The Hall–Kier alpha value is -3.47. The highest BCUT2D eigenvalue weighted by Gasteiger charge is 2.48. The first-order valence-corrected chi connectivity index (χ1v) is 12.7. The zero-order valence-electron chi connectivity index (χ0n) is 21.9. The normalized spacial score (nSPS) is 32.1. The van der Waals surface area contributed by atoms with Crippen molar-refractivity contribution in [1.29, 1.82) is 0 Å². The van der Waals surface area contributed by atoms with Gasteiger partial charge in [-0.25, -0.2) is 0 Å². The Labute approximate surface area is 232 Å². The van der Waals surface area contributed by atoms with Gasteiger partial charge in [0.2, 0.25) is 17.5 Å². The zero-order chi connectivity index (χ0) is 29.6. The van der Waals surface area contributed by atoms with Gasteiger partial charge in [0.25, 0.3) is 0 Å². The Morgan fingerprint density at radius 2 is 1.66 bits per heavy atom. The maximum Gasteiger partial charge on any atom is 0.235 e. The van der Waals surface area contributed by atoms with Crippen LogP contribution < -0.4 is 14.9 Å². The van der Waals surface area contributed by atoms with Crippen molar-refractivity contribution in [2.75, 3.05) is 13.7 Å². The van der Waals surface area contributed by atoms with Gasteiger partial charge in [0, 0.05) is 11.6 Å². The summed E-state index contributed by atoms with van der Waals surface area (Å²) in [5.41, 5.74) is -0.440. The third-order valence-electron chi connectivity index (χ3n) is 7.04. The summed E-state index contributed by atoms with van der Waals surface area (Å²) in [5.74, 6) is -0.842. The molecular weight excluding hydrogens is 548 g/mol. The van der Waals surface area contributed by atoms with Crippen LogP contribution in [0.25, 0.3) is 22.3 Å². The molecule has 0 bridgehead atoms. The average molecular weight is 579 g/mol. The number of aliphatic hydroxyl groups excluding tert-OH is 5. The summed E-state index contributed by atoms with van der Waals surface area (Å²) in [6.45, 7) is 1.02. The molecular formula is C27H30O14. The SMILES string of the molecule is COc1cc(-c2oc3cc(O)ccc3c(=O)c2OC2OCC(O)C(OC3OC(C)C(O)C(O)C3O)C2O)ccc1O. The summed E-state index contributed by atoms with van der Waals surface area (Å²) in [5, 5.41) is 71.9. The van der Waals surface area contributed by atoms with E-state index in [4.69, 9.17) is 28.1 Å². The first-order chi connectivity index (χ1) is 19.5. The summed E-state index contributed by atoms with van der Waals surface area (Å²) in [7, 11) is 1.33. The van der Waals surface area contributed by atoms with Gasteiger partial charge < -0.3 is 63.8 Å². The molecule has 0 spiro atoms. The molecule has 0 saturated carbocycles. The van der Waals surface area contributed by atoms with Gasteiger partial charge in [0.1, 0.15) is 48.0 Å². The van der Waals surface area contributed by atoms with E-state index >= 15 is 0 Å². The van der Waals surface area contributed by atoms with Crippen molar-refractivity contribution in [3.8, 4) is 34.3 Å². The topological polar surface area (TPSA) is 218 Å². The Kier molecular flexibility index (Phi) is 8.09. The molecule has 2 fully saturated rings. The van der Waals surface area contributed by atoms with Crippen molar-refractivity contribution in [2.24, 2.45) is 0 Å². The number of ether oxygens (including phenoxy) is 5. The lowest BCUT2D eigenvalue weighted by Gasteiger charge is -2.43. The van der Waals surface area contributed by atoms with E-state index in [-0.39, 0.29) is 39.5 Å². The molecule has 14 heteroatoms. The molecule has 2 aliphatic heterocycles. The van der Waals surface area contributed by atoms with Crippen LogP contribution in [0.3, 0.4) is 0 Å². The van der Waals surface area contributed by atoms with Gasteiger partial charge in [-0.3, -0.25) is 4.79 Å². The van der Waals surface area contributed by atoms with E-state index in [1.54, 1.807) is 0 Å². The average Bonchev–Trinajstić information content (AvgIpc) is 2.95. The molecule has 9 unspecified atom stereocenters. The number of fused-ring (bicyclic) bond motifs is 1. The predicted octanol–water partition coefficient (Wildman–Crippen LogP) is -0.451. The van der Waals surface area contributed by atoms with E-state index in [1.807, 2.05) is 0 Å². The molecule has 1 aromatic heterocycles. The Morgan fingerprint density at radius 3 is 2.39 bits per heavy atom. The number of aromatic hydroxyl groups is 2. The minimum atomic E-state index is -1.76. The van der Waals surface area contributed by atoms with Gasteiger partial charge >= 0.3 is 0 Å². The third-order valence-corrected chi connectivity index (χ3v) is 7.04. The molecule has 2 aromatic carbocycles. The fourth-order valence-corrected chi connectivity index (χ4v) is 4.72. The highest BCUT2D eigenvalue weighted by Crippen LogP contribution is 2.38. The highest BCUT2D eigenvalue weighted by atomic mass is 16.7. The molecule has 3 heterocycles. The van der Waals surface area contributed by atoms with Gasteiger partial charge in [0.05, 0.1) is 25.2 Å². The maximum atomic E-state index is 13.6. The summed E-state index contributed by atoms with van der Waals surface area (Å²) >= 11 is 0. The van der Waals surface area contributed by atoms with E-state index in [9.17, 15) is 40.5 Å². The largest absolute Gasteiger partial charge is 0.508 e. The minimum absolute atomic E-state index is 0.0180. The van der Waals surface area contributed by atoms with Crippen molar-refractivity contribution in [3.05, 3.63) is 46.6 Å². The summed E-state index contributed by atoms with van der Waals surface area (Å²) in [4.78, 5) is 13.6. The molecule has 7 N–H and O–H groups in total. The number of phenolic OH excluding ortho intramolecular Hbond substituents is 2. The van der Waals surface area contributed by atoms with E-state index in [0.717, 1.165) is 0 Å². The van der Waals surface area contributed by atoms with E-state index < -0.39 is 73.1 Å². The number of hydrogen-bond acceptors (Lipinski definition) is 14. The lowest BCUT2D eigenvalue weighted by Crippen LogP contribution is -2.62. The minimum Gasteiger partial charge on any atom is -0.508 e. The summed E-state index contributed by atoms with van der Waals surface area (Å²) in [6, 6.07) is 7.94. The van der Waals surface area contributed by atoms with Crippen LogP contribution in [0.2, 0.25) is 0 Å². The van der Waals surface area contributed by atoms with Gasteiger partial charge in [-0.15, -0.1) is 0 Å². The van der Waals surface area contributed by atoms with Crippen LogP contribution in [-0.4, -0.2) is 105 Å². The standard InChI is InChI=1S/C27H30O14/c1-10-18(31)20(33)21(34)27(38-10)40-24-15(30)9-37-26(22(24)35)41-25-19(32)13-5-4-12(28)8-16(13)39-23(25)11-3-6-14(29)17(7-11)36-2/h3-8,10,15,18,20-22,24,26-31,33-35H,9H2,1-2H3. The molecule has 0 radical (unpaired) electrons. The fourth-order valence-electron chi connectivity index (χ4n) is 4.72. The first-order valence-electron chi connectivity index (χ1n) is 12.7. The fraction of sp³-hybridized carbons (Fsp3) is 0.444. The van der Waals surface area contributed by atoms with Crippen molar-refractivity contribution in [2.45, 2.75) is 62.2 Å². The molecule has 222 valence electrons. The number of benzene rings is 2.